The summed E-state index contributed by atoms with van der Waals surface area (Å²) < 4.78 is 29.1. The molecule has 0 amide bonds. The predicted octanol–water partition coefficient (Wildman–Crippen LogP) is 6.42. The number of rotatable bonds is 13. The summed E-state index contributed by atoms with van der Waals surface area (Å²) in [6.07, 6.45) is 1.86. The van der Waals surface area contributed by atoms with E-state index in [-0.39, 0.29) is 18.4 Å². The second-order valence-corrected chi connectivity index (χ2v) is 10.4. The quantitative estimate of drug-likeness (QED) is 0.248. The van der Waals surface area contributed by atoms with Gasteiger partial charge in [-0.25, -0.2) is 0 Å². The van der Waals surface area contributed by atoms with Crippen molar-refractivity contribution in [1.29, 1.82) is 0 Å². The third kappa shape index (κ3) is 6.26. The minimum absolute atomic E-state index is 0.0461. The summed E-state index contributed by atoms with van der Waals surface area (Å²) in [5.74, 6) is 1.39. The summed E-state index contributed by atoms with van der Waals surface area (Å²) in [5, 5.41) is 9.17. The second-order valence-electron chi connectivity index (χ2n) is 10.4. The van der Waals surface area contributed by atoms with Crippen molar-refractivity contribution in [2.24, 2.45) is 0 Å². The van der Waals surface area contributed by atoms with Crippen LogP contribution in [0.5, 0.6) is 17.2 Å². The van der Waals surface area contributed by atoms with Crippen LogP contribution in [0, 0.1) is 13.8 Å². The minimum Gasteiger partial charge on any atom is -0.492 e. The van der Waals surface area contributed by atoms with E-state index in [0.717, 1.165) is 35.7 Å². The highest BCUT2D eigenvalue weighted by atomic mass is 16.5. The summed E-state index contributed by atoms with van der Waals surface area (Å²) in [4.78, 5) is 11.2. The molecule has 1 aliphatic heterocycles. The third-order valence-electron chi connectivity index (χ3n) is 7.63. The Balaban J connectivity index is 1.27. The van der Waals surface area contributed by atoms with Crippen LogP contribution in [0.15, 0.2) is 48.5 Å². The molecule has 3 aromatic rings. The van der Waals surface area contributed by atoms with E-state index in [1.54, 1.807) is 0 Å². The molecular weight excluding hydrogens is 508 g/mol. The summed E-state index contributed by atoms with van der Waals surface area (Å²) in [6.45, 7) is 9.55. The van der Waals surface area contributed by atoms with E-state index >= 15 is 0 Å². The predicted molar refractivity (Wildman–Crippen MR) is 153 cm³/mol. The van der Waals surface area contributed by atoms with Crippen molar-refractivity contribution in [3.8, 4) is 28.4 Å². The molecule has 5 rings (SSSR count). The summed E-state index contributed by atoms with van der Waals surface area (Å²) >= 11 is 0. The van der Waals surface area contributed by atoms with Gasteiger partial charge in [0.2, 0.25) is 0 Å². The Morgan fingerprint density at radius 3 is 2.50 bits per heavy atom. The summed E-state index contributed by atoms with van der Waals surface area (Å²) in [7, 11) is 0. The number of aryl methyl sites for hydroxylation is 2. The highest BCUT2D eigenvalue weighted by molar-refractivity contribution is 5.76. The van der Waals surface area contributed by atoms with Gasteiger partial charge in [0.05, 0.1) is 32.8 Å². The molecule has 40 heavy (non-hydrogen) atoms. The van der Waals surface area contributed by atoms with Gasteiger partial charge in [0.1, 0.15) is 30.0 Å². The molecule has 0 spiro atoms. The number of aliphatic carboxylic acids is 1. The van der Waals surface area contributed by atoms with Gasteiger partial charge in [-0.15, -0.1) is 0 Å². The number of hydrogen-bond donors (Lipinski definition) is 1. The van der Waals surface area contributed by atoms with Gasteiger partial charge in [-0.2, -0.15) is 0 Å². The Morgan fingerprint density at radius 2 is 1.73 bits per heavy atom. The van der Waals surface area contributed by atoms with Crippen LogP contribution in [0.2, 0.25) is 0 Å². The SMILES string of the molecule is CCOCCOCCOc1cc(C)c(-c2cccc3c2CC[C@H]3Oc2ccc3c(c2)OC[C@H]3CC(=O)O)c(C)c1. The molecule has 0 unspecified atom stereocenters. The highest BCUT2D eigenvalue weighted by Gasteiger charge is 2.30. The van der Waals surface area contributed by atoms with Crippen molar-refractivity contribution in [1.82, 2.24) is 0 Å². The van der Waals surface area contributed by atoms with Crippen LogP contribution in [-0.4, -0.2) is 50.7 Å². The lowest BCUT2D eigenvalue weighted by atomic mass is 9.90. The van der Waals surface area contributed by atoms with E-state index < -0.39 is 5.97 Å². The van der Waals surface area contributed by atoms with Gasteiger partial charge in [0.15, 0.2) is 0 Å². The molecule has 0 radical (unpaired) electrons. The molecule has 0 saturated heterocycles. The molecule has 2 aliphatic rings. The zero-order valence-electron chi connectivity index (χ0n) is 23.5. The molecule has 0 bridgehead atoms. The Kier molecular flexibility index (Phi) is 8.92. The molecule has 212 valence electrons. The monoisotopic (exact) mass is 546 g/mol. The molecule has 1 N–H and O–H groups in total. The topological polar surface area (TPSA) is 83.5 Å². The molecule has 0 fully saturated rings. The van der Waals surface area contributed by atoms with Gasteiger partial charge in [0.25, 0.3) is 0 Å². The zero-order valence-corrected chi connectivity index (χ0v) is 23.5. The Hall–Kier alpha value is -3.55. The summed E-state index contributed by atoms with van der Waals surface area (Å²) in [5.41, 5.74) is 8.33. The lowest BCUT2D eigenvalue weighted by Crippen LogP contribution is -2.11. The minimum atomic E-state index is -0.813. The number of carboxylic acids is 1. The molecule has 7 nitrogen and oxygen atoms in total. The second kappa shape index (κ2) is 12.7. The lowest BCUT2D eigenvalue weighted by molar-refractivity contribution is -0.137. The largest absolute Gasteiger partial charge is 0.492 e. The maximum atomic E-state index is 11.2. The van der Waals surface area contributed by atoms with Crippen LogP contribution in [0.1, 0.15) is 59.6 Å². The number of hydrogen-bond acceptors (Lipinski definition) is 6. The fourth-order valence-electron chi connectivity index (χ4n) is 5.86. The summed E-state index contributed by atoms with van der Waals surface area (Å²) in [6, 6.07) is 16.5. The van der Waals surface area contributed by atoms with E-state index in [4.69, 9.17) is 28.8 Å². The third-order valence-corrected chi connectivity index (χ3v) is 7.63. The zero-order chi connectivity index (χ0) is 28.1. The van der Waals surface area contributed by atoms with Crippen LogP contribution >= 0.6 is 0 Å². The molecular formula is C33H38O7. The van der Waals surface area contributed by atoms with Gasteiger partial charge in [-0.05, 0) is 85.2 Å². The molecule has 0 saturated carbocycles. The van der Waals surface area contributed by atoms with Gasteiger partial charge in [-0.1, -0.05) is 24.3 Å². The molecule has 1 aliphatic carbocycles. The maximum Gasteiger partial charge on any atom is 0.304 e. The molecule has 3 aromatic carbocycles. The van der Waals surface area contributed by atoms with E-state index in [2.05, 4.69) is 44.2 Å². The fourth-order valence-corrected chi connectivity index (χ4v) is 5.86. The molecule has 7 heteroatoms. The highest BCUT2D eigenvalue weighted by Crippen LogP contribution is 2.44. The van der Waals surface area contributed by atoms with Crippen LogP contribution in [-0.2, 0) is 20.7 Å². The van der Waals surface area contributed by atoms with Crippen LogP contribution in [0.3, 0.4) is 0 Å². The van der Waals surface area contributed by atoms with Crippen molar-refractivity contribution in [2.45, 2.75) is 52.1 Å². The molecule has 0 aromatic heterocycles. The number of carbonyl (C=O) groups is 1. The van der Waals surface area contributed by atoms with Crippen molar-refractivity contribution in [3.05, 3.63) is 76.3 Å². The van der Waals surface area contributed by atoms with E-state index in [1.165, 1.54) is 33.4 Å². The van der Waals surface area contributed by atoms with Crippen LogP contribution in [0.4, 0.5) is 0 Å². The van der Waals surface area contributed by atoms with Gasteiger partial charge >= 0.3 is 5.97 Å². The van der Waals surface area contributed by atoms with Crippen molar-refractivity contribution in [3.63, 3.8) is 0 Å². The number of ether oxygens (including phenoxy) is 5. The van der Waals surface area contributed by atoms with E-state index in [1.807, 2.05) is 25.1 Å². The van der Waals surface area contributed by atoms with Gasteiger partial charge in [0, 0.05) is 24.2 Å². The first-order valence-corrected chi connectivity index (χ1v) is 14.1. The maximum absolute atomic E-state index is 11.2. The Labute approximate surface area is 236 Å². The smallest absolute Gasteiger partial charge is 0.304 e. The Bertz CT molecular complexity index is 1330. The van der Waals surface area contributed by atoms with E-state index in [0.29, 0.717) is 39.6 Å². The first-order chi connectivity index (χ1) is 19.4. The first-order valence-electron chi connectivity index (χ1n) is 14.1. The van der Waals surface area contributed by atoms with Crippen molar-refractivity contribution in [2.75, 3.05) is 39.6 Å². The first kappa shape index (κ1) is 28.0. The normalized spacial score (nSPS) is 17.3. The van der Waals surface area contributed by atoms with Crippen LogP contribution in [0.25, 0.3) is 11.1 Å². The van der Waals surface area contributed by atoms with Gasteiger partial charge in [-0.3, -0.25) is 4.79 Å². The fraction of sp³-hybridized carbons (Fsp3) is 0.424. The number of fused-ring (bicyclic) bond motifs is 2. The standard InChI is InChI=1S/C33H38O7/c1-4-36-12-13-37-14-15-38-25-16-21(2)33(22(3)17-25)29-7-5-6-28-27(29)10-11-30(28)40-24-8-9-26-23(18-32(34)35)20-39-31(26)19-24/h5-9,16-17,19,23,30H,4,10-15,18,20H2,1-3H3,(H,34,35)/t23-,30-/m1/s1. The van der Waals surface area contributed by atoms with Crippen molar-refractivity contribution < 1.29 is 33.6 Å². The van der Waals surface area contributed by atoms with Crippen molar-refractivity contribution >= 4 is 5.97 Å². The van der Waals surface area contributed by atoms with Gasteiger partial charge < -0.3 is 28.8 Å². The average molecular weight is 547 g/mol. The molecule has 2 atom stereocenters. The van der Waals surface area contributed by atoms with Crippen LogP contribution < -0.4 is 14.2 Å². The van der Waals surface area contributed by atoms with E-state index in [9.17, 15) is 4.79 Å². The number of benzene rings is 3. The molecule has 1 heterocycles. The number of carboxylic acid groups (broad SMARTS) is 1. The average Bonchev–Trinajstić information content (AvgIpc) is 3.52. The Morgan fingerprint density at radius 1 is 0.950 bits per heavy atom. The lowest BCUT2D eigenvalue weighted by Gasteiger charge is -2.18.